The van der Waals surface area contributed by atoms with Gasteiger partial charge in [0.15, 0.2) is 0 Å². The van der Waals surface area contributed by atoms with Crippen molar-refractivity contribution in [3.63, 3.8) is 0 Å². The second kappa shape index (κ2) is 34.4. The predicted octanol–water partition coefficient (Wildman–Crippen LogP) is -5.55. The van der Waals surface area contributed by atoms with Gasteiger partial charge >= 0.3 is 72.8 Å². The van der Waals surface area contributed by atoms with Crippen molar-refractivity contribution in [2.45, 2.75) is 140 Å². The van der Waals surface area contributed by atoms with Gasteiger partial charge < -0.3 is 57.4 Å². The van der Waals surface area contributed by atoms with Crippen LogP contribution in [-0.4, -0.2) is 54.5 Å². The number of carbonyl (C=O) groups is 1. The first-order valence-corrected chi connectivity index (χ1v) is 22.8. The van der Waals surface area contributed by atoms with Crippen molar-refractivity contribution in [3.8, 4) is 0 Å². The Kier molecular flexibility index (Phi) is 38.1. The number of halogens is 3. The van der Waals surface area contributed by atoms with Crippen molar-refractivity contribution in [1.29, 1.82) is 0 Å². The number of anilines is 1. The van der Waals surface area contributed by atoms with Gasteiger partial charge in [-0.05, 0) is 162 Å². The van der Waals surface area contributed by atoms with Gasteiger partial charge in [-0.15, -0.1) is 0 Å². The number of aliphatic hydroxyl groups is 1. The molecule has 4 rings (SSSR count). The summed E-state index contributed by atoms with van der Waals surface area (Å²) in [5.74, 6) is 1.25. The minimum absolute atomic E-state index is 0. The van der Waals surface area contributed by atoms with Crippen LogP contribution in [0, 0.1) is 0 Å². The molecule has 0 saturated carbocycles. The molecule has 0 aliphatic rings. The van der Waals surface area contributed by atoms with E-state index < -0.39 is 37.5 Å². The van der Waals surface area contributed by atoms with Gasteiger partial charge in [-0.2, -0.15) is 18.0 Å². The zero-order chi connectivity index (χ0) is 46.8. The second-order valence-corrected chi connectivity index (χ2v) is 19.6. The van der Waals surface area contributed by atoms with Crippen molar-refractivity contribution >= 4 is 43.9 Å². The molecule has 4 aromatic rings. The number of hydrogen-bond donors (Lipinski definition) is 4. The van der Waals surface area contributed by atoms with Gasteiger partial charge in [-0.3, -0.25) is 9.87 Å². The number of rotatable bonds is 13. The number of ether oxygens (including phenoxy) is 1. The van der Waals surface area contributed by atoms with Gasteiger partial charge in [-0.25, -0.2) is 13.2 Å². The SMILES string of the molecule is CC(C)(C)O.CCC(CC(C)c1ccc(NC(=O)OC(C)(C)C)cc1)c1ccc(S(=O)(=O)[O-])cc1.CCC(CC(C)c1ccc([NH3+])cc1)c1ccc(S(=O)(=O)O)cc1.O=C=O.[Cl-].[Cl-].[Cl-].[H+].[Na+].[Na+]. The largest absolute Gasteiger partial charge is 1.00 e. The summed E-state index contributed by atoms with van der Waals surface area (Å²) in [4.78, 5) is 27.9. The molecule has 4 unspecified atom stereocenters. The van der Waals surface area contributed by atoms with Crippen molar-refractivity contribution in [2.24, 2.45) is 0 Å². The van der Waals surface area contributed by atoms with E-state index in [1.807, 2.05) is 57.2 Å². The summed E-state index contributed by atoms with van der Waals surface area (Å²) in [5, 5.41) is 11.2. The molecule has 360 valence electrons. The smallest absolute Gasteiger partial charge is 1.00 e. The van der Waals surface area contributed by atoms with Crippen LogP contribution in [0.3, 0.4) is 0 Å². The molecule has 0 aliphatic carbocycles. The van der Waals surface area contributed by atoms with Crippen LogP contribution in [0.2, 0.25) is 0 Å². The Balaban J connectivity index is -0.000000226. The molecule has 0 heterocycles. The molecule has 66 heavy (non-hydrogen) atoms. The third kappa shape index (κ3) is 30.6. The zero-order valence-electron chi connectivity index (χ0n) is 41.1. The Morgan fingerprint density at radius 1 is 0.682 bits per heavy atom. The first-order chi connectivity index (χ1) is 28.1. The number of quaternary nitrogens is 1. The van der Waals surface area contributed by atoms with Gasteiger partial charge in [0.05, 0.1) is 15.4 Å². The predicted molar refractivity (Wildman–Crippen MR) is 236 cm³/mol. The fourth-order valence-electron chi connectivity index (χ4n) is 6.18. The molecular formula is C46H65Cl3N2Na2O11S2. The average Bonchev–Trinajstić information content (AvgIpc) is 3.15. The van der Waals surface area contributed by atoms with Gasteiger partial charge in [0.25, 0.3) is 10.1 Å². The molecule has 13 nitrogen and oxygen atoms in total. The zero-order valence-corrected chi connectivity index (χ0v) is 48.0. The van der Waals surface area contributed by atoms with Gasteiger partial charge in [0, 0.05) is 5.69 Å². The maximum Gasteiger partial charge on any atom is 1.00 e. The van der Waals surface area contributed by atoms with Gasteiger partial charge in [0.1, 0.15) is 21.4 Å². The van der Waals surface area contributed by atoms with E-state index in [4.69, 9.17) is 24.0 Å². The van der Waals surface area contributed by atoms with Crippen molar-refractivity contribution in [1.82, 2.24) is 0 Å². The van der Waals surface area contributed by atoms with Crippen LogP contribution in [0.15, 0.2) is 107 Å². The number of amides is 1. The molecule has 0 aliphatic heterocycles. The fourth-order valence-corrected chi connectivity index (χ4v) is 7.13. The molecule has 20 heteroatoms. The van der Waals surface area contributed by atoms with Crippen molar-refractivity contribution < 1.29 is 154 Å². The van der Waals surface area contributed by atoms with E-state index in [0.717, 1.165) is 48.1 Å². The van der Waals surface area contributed by atoms with Crippen LogP contribution in [0.5, 0.6) is 0 Å². The first kappa shape index (κ1) is 73.1. The number of carbonyl (C=O) groups excluding carboxylic acids is 3. The van der Waals surface area contributed by atoms with Crippen LogP contribution in [-0.2, 0) is 34.6 Å². The Hall–Kier alpha value is -1.86. The van der Waals surface area contributed by atoms with Crippen molar-refractivity contribution in [3.05, 3.63) is 119 Å². The summed E-state index contributed by atoms with van der Waals surface area (Å²) in [6.45, 7) is 19.2. The number of nitrogens with one attached hydrogen (secondary N) is 1. The van der Waals surface area contributed by atoms with E-state index in [1.165, 1.54) is 29.8 Å². The maximum absolute atomic E-state index is 11.9. The molecular weight excluding hydrogens is 973 g/mol. The van der Waals surface area contributed by atoms with E-state index >= 15 is 0 Å². The molecule has 0 bridgehead atoms. The third-order valence-electron chi connectivity index (χ3n) is 9.23. The van der Waals surface area contributed by atoms with Crippen LogP contribution >= 0.6 is 0 Å². The van der Waals surface area contributed by atoms with E-state index in [9.17, 15) is 26.2 Å². The molecule has 1 amide bonds. The molecule has 0 radical (unpaired) electrons. The Morgan fingerprint density at radius 3 is 1.27 bits per heavy atom. The summed E-state index contributed by atoms with van der Waals surface area (Å²) in [6, 6.07) is 28.7. The standard InChI is InChI=1S/C23H31NO5S.C18H23NO3S.C4H10O.CO2.3ClH.2Na/c1-6-17(19-9-13-21(14-10-19)30(26,27)28)15-16(2)18-7-11-20(12-8-18)24-22(25)29-23(3,4)5;1-3-14(12-13(2)15-4-8-17(19)9-5-15)16-6-10-18(11-7-16)23(20,21)22;1-4(2,3)5;2-1-3;;;;;/h7-14,16-17H,6,15H2,1-5H3,(H,24,25)(H,26,27,28);4-11,13-14H,3,12,19H2,1-2H3,(H,20,21,22);5H,1-3H3;;3*1H;;/q;;;;;;;2*+1/p-2. The third-order valence-corrected chi connectivity index (χ3v) is 10.9. The summed E-state index contributed by atoms with van der Waals surface area (Å²) in [5.41, 5.74) is 9.06. The molecule has 0 aromatic heterocycles. The van der Waals surface area contributed by atoms with Crippen LogP contribution in [0.4, 0.5) is 16.2 Å². The monoisotopic (exact) mass is 1040 g/mol. The fraction of sp³-hybridized carbons (Fsp3) is 0.435. The molecule has 0 fully saturated rings. The molecule has 4 aromatic carbocycles. The van der Waals surface area contributed by atoms with E-state index in [-0.39, 0.29) is 126 Å². The topological polar surface area (TPSA) is 232 Å². The number of benzene rings is 4. The summed E-state index contributed by atoms with van der Waals surface area (Å²) >= 11 is 0. The molecule has 0 saturated heterocycles. The minimum Gasteiger partial charge on any atom is -1.00 e. The summed E-state index contributed by atoms with van der Waals surface area (Å²) in [7, 11) is -8.56. The van der Waals surface area contributed by atoms with E-state index in [0.29, 0.717) is 17.5 Å². The van der Waals surface area contributed by atoms with Crippen LogP contribution in [0.1, 0.15) is 142 Å². The summed E-state index contributed by atoms with van der Waals surface area (Å²) < 4.78 is 69.9. The van der Waals surface area contributed by atoms with E-state index in [2.05, 4.69) is 50.9 Å². The second-order valence-electron chi connectivity index (χ2n) is 16.8. The molecule has 0 spiro atoms. The summed E-state index contributed by atoms with van der Waals surface area (Å²) in [6.07, 6.45) is 3.49. The quantitative estimate of drug-likeness (QED) is 0.0729. The Morgan fingerprint density at radius 2 is 0.985 bits per heavy atom. The first-order valence-electron chi connectivity index (χ1n) is 20.0. The van der Waals surface area contributed by atoms with Gasteiger partial charge in [-0.1, -0.05) is 76.2 Å². The van der Waals surface area contributed by atoms with Crippen LogP contribution < -0.4 is 107 Å². The van der Waals surface area contributed by atoms with Crippen LogP contribution in [0.25, 0.3) is 0 Å². The maximum atomic E-state index is 11.9. The average molecular weight is 1040 g/mol. The van der Waals surface area contributed by atoms with Crippen molar-refractivity contribution in [2.75, 3.05) is 5.32 Å². The van der Waals surface area contributed by atoms with E-state index in [1.54, 1.807) is 45.0 Å². The normalized spacial score (nSPS) is 12.5. The number of hydrogen-bond acceptors (Lipinski definition) is 10. The molecule has 4 atom stereocenters. The Labute approximate surface area is 457 Å². The Bertz CT molecular complexity index is 2200. The minimum atomic E-state index is -4.43. The van der Waals surface area contributed by atoms with Gasteiger partial charge in [0.2, 0.25) is 0 Å². The molecule has 6 N–H and O–H groups in total.